The van der Waals surface area contributed by atoms with Crippen LogP contribution in [0.2, 0.25) is 0 Å². The van der Waals surface area contributed by atoms with Gasteiger partial charge in [-0.15, -0.1) is 0 Å². The molecule has 0 aliphatic carbocycles. The highest BCUT2D eigenvalue weighted by atomic mass is 16.2. The number of likely N-dealkylation sites (tertiary alicyclic amines) is 1. The lowest BCUT2D eigenvalue weighted by Crippen LogP contribution is -2.31. The van der Waals surface area contributed by atoms with E-state index >= 15 is 0 Å². The van der Waals surface area contributed by atoms with Gasteiger partial charge in [-0.05, 0) is 12.0 Å². The molecule has 1 aliphatic rings. The average Bonchev–Trinajstić information content (AvgIpc) is 2.59. The summed E-state index contributed by atoms with van der Waals surface area (Å²) in [6.45, 7) is 5.85. The molecule has 1 saturated heterocycles. The second-order valence-corrected chi connectivity index (χ2v) is 4.83. The molecule has 5 nitrogen and oxygen atoms in total. The fourth-order valence-corrected chi connectivity index (χ4v) is 2.07. The Morgan fingerprint density at radius 2 is 2.41 bits per heavy atom. The summed E-state index contributed by atoms with van der Waals surface area (Å²) in [6, 6.07) is 1.98. The van der Waals surface area contributed by atoms with Crippen molar-refractivity contribution in [3.05, 3.63) is 18.6 Å². The Morgan fingerprint density at radius 3 is 3.06 bits per heavy atom. The molecule has 0 radical (unpaired) electrons. The van der Waals surface area contributed by atoms with Crippen molar-refractivity contribution in [2.45, 2.75) is 26.3 Å². The summed E-state index contributed by atoms with van der Waals surface area (Å²) in [4.78, 5) is 21.6. The summed E-state index contributed by atoms with van der Waals surface area (Å²) in [5, 5.41) is 3.26. The maximum Gasteiger partial charge on any atom is 0.224 e. The van der Waals surface area contributed by atoms with Gasteiger partial charge in [0.25, 0.3) is 0 Å². The third kappa shape index (κ3) is 3.15. The first-order valence-electron chi connectivity index (χ1n) is 5.95. The molecule has 1 atom stereocenters. The van der Waals surface area contributed by atoms with Gasteiger partial charge < -0.3 is 10.2 Å². The SMILES string of the molecule is CC(C)CN1CC(Nc2ccncn2)CC1=O. The highest BCUT2D eigenvalue weighted by Crippen LogP contribution is 2.16. The van der Waals surface area contributed by atoms with Crippen LogP contribution in [0.1, 0.15) is 20.3 Å². The molecule has 17 heavy (non-hydrogen) atoms. The first kappa shape index (κ1) is 11.8. The number of rotatable bonds is 4. The van der Waals surface area contributed by atoms with E-state index in [1.54, 1.807) is 6.20 Å². The van der Waals surface area contributed by atoms with Crippen molar-refractivity contribution in [2.75, 3.05) is 18.4 Å². The first-order chi connectivity index (χ1) is 8.15. The quantitative estimate of drug-likeness (QED) is 0.849. The van der Waals surface area contributed by atoms with E-state index in [1.165, 1.54) is 6.33 Å². The molecule has 1 aromatic heterocycles. The van der Waals surface area contributed by atoms with E-state index in [-0.39, 0.29) is 11.9 Å². The minimum Gasteiger partial charge on any atom is -0.365 e. The van der Waals surface area contributed by atoms with Crippen LogP contribution in [0.25, 0.3) is 0 Å². The van der Waals surface area contributed by atoms with Crippen LogP contribution >= 0.6 is 0 Å². The molecule has 0 aromatic carbocycles. The minimum atomic E-state index is 0.163. The van der Waals surface area contributed by atoms with Gasteiger partial charge in [-0.3, -0.25) is 4.79 Å². The molecule has 2 heterocycles. The van der Waals surface area contributed by atoms with Crippen molar-refractivity contribution in [1.82, 2.24) is 14.9 Å². The maximum atomic E-state index is 11.8. The number of anilines is 1. The van der Waals surface area contributed by atoms with Crippen LogP contribution in [0.3, 0.4) is 0 Å². The predicted octanol–water partition coefficient (Wildman–Crippen LogP) is 1.15. The second-order valence-electron chi connectivity index (χ2n) is 4.83. The van der Waals surface area contributed by atoms with Crippen LogP contribution in [0, 0.1) is 5.92 Å². The van der Waals surface area contributed by atoms with E-state index in [9.17, 15) is 4.79 Å². The molecule has 1 fully saturated rings. The molecule has 5 heteroatoms. The fourth-order valence-electron chi connectivity index (χ4n) is 2.07. The molecular formula is C12H18N4O. The predicted molar refractivity (Wildman–Crippen MR) is 65.5 cm³/mol. The fraction of sp³-hybridized carbons (Fsp3) is 0.583. The van der Waals surface area contributed by atoms with Crippen molar-refractivity contribution < 1.29 is 4.79 Å². The number of nitrogens with one attached hydrogen (secondary N) is 1. The maximum absolute atomic E-state index is 11.8. The Balaban J connectivity index is 1.91. The first-order valence-corrected chi connectivity index (χ1v) is 5.95. The monoisotopic (exact) mass is 234 g/mol. The lowest BCUT2D eigenvalue weighted by Gasteiger charge is -2.19. The third-order valence-corrected chi connectivity index (χ3v) is 2.73. The molecule has 1 aliphatic heterocycles. The van der Waals surface area contributed by atoms with Gasteiger partial charge in [0.2, 0.25) is 5.91 Å². The zero-order valence-electron chi connectivity index (χ0n) is 10.3. The number of amides is 1. The van der Waals surface area contributed by atoms with E-state index in [2.05, 4.69) is 29.1 Å². The minimum absolute atomic E-state index is 0.163. The van der Waals surface area contributed by atoms with Crippen molar-refractivity contribution in [2.24, 2.45) is 5.92 Å². The molecule has 1 N–H and O–H groups in total. The summed E-state index contributed by atoms with van der Waals surface area (Å²) in [5.41, 5.74) is 0. The molecule has 1 aromatic rings. The number of aromatic nitrogens is 2. The summed E-state index contributed by atoms with van der Waals surface area (Å²) in [6.07, 6.45) is 3.75. The Kier molecular flexibility index (Phi) is 3.56. The summed E-state index contributed by atoms with van der Waals surface area (Å²) in [7, 11) is 0. The number of hydrogen-bond donors (Lipinski definition) is 1. The molecule has 1 amide bonds. The Labute approximate surface area is 101 Å². The van der Waals surface area contributed by atoms with Gasteiger partial charge >= 0.3 is 0 Å². The van der Waals surface area contributed by atoms with Crippen LogP contribution in [-0.2, 0) is 4.79 Å². The molecule has 2 rings (SSSR count). The number of carbonyl (C=O) groups excluding carboxylic acids is 1. The van der Waals surface area contributed by atoms with Gasteiger partial charge in [-0.1, -0.05) is 13.8 Å². The van der Waals surface area contributed by atoms with Crippen molar-refractivity contribution >= 4 is 11.7 Å². The zero-order valence-corrected chi connectivity index (χ0v) is 10.3. The topological polar surface area (TPSA) is 58.1 Å². The van der Waals surface area contributed by atoms with Crippen LogP contribution < -0.4 is 5.32 Å². The van der Waals surface area contributed by atoms with Gasteiger partial charge in [0.05, 0.1) is 6.04 Å². The van der Waals surface area contributed by atoms with E-state index in [0.29, 0.717) is 12.3 Å². The van der Waals surface area contributed by atoms with Crippen LogP contribution in [0.4, 0.5) is 5.82 Å². The Hall–Kier alpha value is -1.65. The third-order valence-electron chi connectivity index (χ3n) is 2.73. The van der Waals surface area contributed by atoms with Gasteiger partial charge in [-0.2, -0.15) is 0 Å². The highest BCUT2D eigenvalue weighted by molar-refractivity contribution is 5.79. The molecular weight excluding hydrogens is 216 g/mol. The van der Waals surface area contributed by atoms with Gasteiger partial charge in [0.15, 0.2) is 0 Å². The Morgan fingerprint density at radius 1 is 1.59 bits per heavy atom. The van der Waals surface area contributed by atoms with Gasteiger partial charge in [0, 0.05) is 25.7 Å². The van der Waals surface area contributed by atoms with E-state index < -0.39 is 0 Å². The number of hydrogen-bond acceptors (Lipinski definition) is 4. The van der Waals surface area contributed by atoms with Crippen LogP contribution in [0.5, 0.6) is 0 Å². The van der Waals surface area contributed by atoms with Crippen LogP contribution in [0.15, 0.2) is 18.6 Å². The van der Waals surface area contributed by atoms with E-state index in [0.717, 1.165) is 18.9 Å². The number of nitrogens with zero attached hydrogens (tertiary/aromatic N) is 3. The standard InChI is InChI=1S/C12H18N4O/c1-9(2)6-16-7-10(5-12(16)17)15-11-3-4-13-8-14-11/h3-4,8-10H,5-7H2,1-2H3,(H,13,14,15). The van der Waals surface area contributed by atoms with Crippen molar-refractivity contribution in [3.8, 4) is 0 Å². The average molecular weight is 234 g/mol. The smallest absolute Gasteiger partial charge is 0.224 e. The molecule has 0 bridgehead atoms. The lowest BCUT2D eigenvalue weighted by atomic mass is 10.2. The number of carbonyl (C=O) groups is 1. The largest absolute Gasteiger partial charge is 0.365 e. The van der Waals surface area contributed by atoms with E-state index in [1.807, 2.05) is 11.0 Å². The normalized spacial score (nSPS) is 20.1. The zero-order chi connectivity index (χ0) is 12.3. The Bertz CT molecular complexity index is 379. The molecule has 1 unspecified atom stereocenters. The molecule has 92 valence electrons. The van der Waals surface area contributed by atoms with Crippen molar-refractivity contribution in [1.29, 1.82) is 0 Å². The van der Waals surface area contributed by atoms with Gasteiger partial charge in [-0.25, -0.2) is 9.97 Å². The second kappa shape index (κ2) is 5.12. The van der Waals surface area contributed by atoms with E-state index in [4.69, 9.17) is 0 Å². The lowest BCUT2D eigenvalue weighted by molar-refractivity contribution is -0.128. The molecule has 0 saturated carbocycles. The van der Waals surface area contributed by atoms with Crippen molar-refractivity contribution in [3.63, 3.8) is 0 Å². The molecule has 0 spiro atoms. The summed E-state index contributed by atoms with van der Waals surface area (Å²) in [5.74, 6) is 1.52. The highest BCUT2D eigenvalue weighted by Gasteiger charge is 2.29. The summed E-state index contributed by atoms with van der Waals surface area (Å²) < 4.78 is 0. The van der Waals surface area contributed by atoms with Gasteiger partial charge in [0.1, 0.15) is 12.1 Å². The van der Waals surface area contributed by atoms with Crippen LogP contribution in [-0.4, -0.2) is 39.9 Å². The summed E-state index contributed by atoms with van der Waals surface area (Å²) >= 11 is 0.